The minimum Gasteiger partial charge on any atom is -0.307 e. The minimum atomic E-state index is -3.57. The van der Waals surface area contributed by atoms with Gasteiger partial charge in [0.25, 0.3) is 0 Å². The average molecular weight is 343 g/mol. The maximum absolute atomic E-state index is 12.9. The van der Waals surface area contributed by atoms with Gasteiger partial charge in [-0.2, -0.15) is 5.10 Å². The highest BCUT2D eigenvalue weighted by atomic mass is 32.2. The van der Waals surface area contributed by atoms with Gasteiger partial charge in [0, 0.05) is 23.7 Å². The summed E-state index contributed by atoms with van der Waals surface area (Å²) in [7, 11) is -3.57. The summed E-state index contributed by atoms with van der Waals surface area (Å²) in [4.78, 5) is 0.327. The third-order valence-corrected chi connectivity index (χ3v) is 6.17. The van der Waals surface area contributed by atoms with Crippen molar-refractivity contribution in [2.75, 3.05) is 0 Å². The fourth-order valence-electron chi connectivity index (χ4n) is 4.06. The van der Waals surface area contributed by atoms with Crippen molar-refractivity contribution in [2.24, 2.45) is 0 Å². The third-order valence-electron chi connectivity index (χ3n) is 4.40. The van der Waals surface area contributed by atoms with Crippen LogP contribution in [0.25, 0.3) is 0 Å². The van der Waals surface area contributed by atoms with Gasteiger partial charge in [0.2, 0.25) is 10.0 Å². The third kappa shape index (κ3) is 3.95. The predicted octanol–water partition coefficient (Wildman–Crippen LogP) is 2.11. The molecule has 0 aromatic carbocycles. The van der Waals surface area contributed by atoms with E-state index in [4.69, 9.17) is 0 Å². The van der Waals surface area contributed by atoms with Crippen LogP contribution in [0.2, 0.25) is 0 Å². The fraction of sp³-hybridized carbons (Fsp3) is 0.812. The molecule has 1 fully saturated rings. The predicted molar refractivity (Wildman–Crippen MR) is 92.0 cm³/mol. The number of nitrogens with one attached hydrogen (secondary N) is 2. The van der Waals surface area contributed by atoms with Crippen molar-refractivity contribution < 1.29 is 8.42 Å². The van der Waals surface area contributed by atoms with Crippen LogP contribution in [0, 0.1) is 13.8 Å². The molecule has 1 aromatic rings. The SMILES string of the molecule is CCn1nc(C)c(S(=O)(=O)NC2CC(C)(C)NC(C)(C)C2)c1C. The number of rotatable bonds is 4. The second-order valence-electron chi connectivity index (χ2n) is 7.93. The number of piperidine rings is 1. The van der Waals surface area contributed by atoms with Crippen LogP contribution in [0.1, 0.15) is 58.8 Å². The number of aryl methyl sites for hydroxylation is 2. The minimum absolute atomic E-state index is 0.0879. The Bertz CT molecular complexity index is 673. The Morgan fingerprint density at radius 1 is 1.22 bits per heavy atom. The molecule has 1 saturated heterocycles. The van der Waals surface area contributed by atoms with E-state index >= 15 is 0 Å². The van der Waals surface area contributed by atoms with Gasteiger partial charge in [-0.15, -0.1) is 0 Å². The molecule has 1 aliphatic heterocycles. The van der Waals surface area contributed by atoms with Crippen molar-refractivity contribution in [3.63, 3.8) is 0 Å². The first-order valence-corrected chi connectivity index (χ1v) is 9.71. The highest BCUT2D eigenvalue weighted by Crippen LogP contribution is 2.30. The Labute approximate surface area is 140 Å². The van der Waals surface area contributed by atoms with Crippen LogP contribution < -0.4 is 10.0 Å². The quantitative estimate of drug-likeness (QED) is 0.879. The number of aromatic nitrogens is 2. The second kappa shape index (κ2) is 5.86. The molecule has 1 aliphatic rings. The standard InChI is InChI=1S/C16H30N4O2S/c1-8-20-12(3)14(11(2)17-20)23(21,22)18-13-9-15(4,5)19-16(6,7)10-13/h13,18-19H,8-10H2,1-7H3. The maximum Gasteiger partial charge on any atom is 0.244 e. The first-order valence-electron chi connectivity index (χ1n) is 8.22. The molecule has 7 heteroatoms. The Balaban J connectivity index is 2.30. The van der Waals surface area contributed by atoms with Crippen LogP contribution in [0.15, 0.2) is 4.90 Å². The van der Waals surface area contributed by atoms with Crippen molar-refractivity contribution in [3.05, 3.63) is 11.4 Å². The van der Waals surface area contributed by atoms with Gasteiger partial charge in [0.15, 0.2) is 0 Å². The summed E-state index contributed by atoms with van der Waals surface area (Å²) < 4.78 is 30.5. The summed E-state index contributed by atoms with van der Waals surface area (Å²) in [5.74, 6) is 0. The average Bonchev–Trinajstić information content (AvgIpc) is 2.59. The second-order valence-corrected chi connectivity index (χ2v) is 9.59. The van der Waals surface area contributed by atoms with Crippen LogP contribution in [-0.4, -0.2) is 35.3 Å². The lowest BCUT2D eigenvalue weighted by Gasteiger charge is -2.46. The molecule has 0 aliphatic carbocycles. The van der Waals surface area contributed by atoms with Gasteiger partial charge in [0.05, 0.1) is 11.4 Å². The smallest absolute Gasteiger partial charge is 0.244 e. The molecule has 2 N–H and O–H groups in total. The molecule has 23 heavy (non-hydrogen) atoms. The monoisotopic (exact) mass is 342 g/mol. The maximum atomic E-state index is 12.9. The van der Waals surface area contributed by atoms with Gasteiger partial charge in [-0.05, 0) is 61.3 Å². The lowest BCUT2D eigenvalue weighted by molar-refractivity contribution is 0.157. The Hall–Kier alpha value is -0.920. The van der Waals surface area contributed by atoms with E-state index in [1.807, 2.05) is 13.8 Å². The van der Waals surface area contributed by atoms with Crippen molar-refractivity contribution in [2.45, 2.75) is 89.9 Å². The van der Waals surface area contributed by atoms with Gasteiger partial charge in [0.1, 0.15) is 4.90 Å². The molecule has 0 spiro atoms. The number of sulfonamides is 1. The molecule has 0 saturated carbocycles. The molecule has 0 radical (unpaired) electrons. The van der Waals surface area contributed by atoms with Crippen LogP contribution in [0.3, 0.4) is 0 Å². The van der Waals surface area contributed by atoms with E-state index in [9.17, 15) is 8.42 Å². The van der Waals surface area contributed by atoms with Gasteiger partial charge >= 0.3 is 0 Å². The highest BCUT2D eigenvalue weighted by Gasteiger charge is 2.39. The summed E-state index contributed by atoms with van der Waals surface area (Å²) in [5, 5.41) is 7.90. The summed E-state index contributed by atoms with van der Waals surface area (Å²) in [5.41, 5.74) is 1.05. The Morgan fingerprint density at radius 2 is 1.74 bits per heavy atom. The van der Waals surface area contributed by atoms with Crippen LogP contribution in [0.4, 0.5) is 0 Å². The van der Waals surface area contributed by atoms with Crippen LogP contribution >= 0.6 is 0 Å². The molecule has 1 aromatic heterocycles. The summed E-state index contributed by atoms with van der Waals surface area (Å²) in [6, 6.07) is -0.0879. The largest absolute Gasteiger partial charge is 0.307 e. The van der Waals surface area contributed by atoms with Crippen molar-refractivity contribution in [1.82, 2.24) is 19.8 Å². The number of nitrogens with zero attached hydrogens (tertiary/aromatic N) is 2. The molecule has 132 valence electrons. The number of hydrogen-bond donors (Lipinski definition) is 2. The zero-order valence-corrected chi connectivity index (χ0v) is 16.1. The molecule has 6 nitrogen and oxygen atoms in total. The zero-order chi connectivity index (χ0) is 17.6. The molecule has 0 bridgehead atoms. The van der Waals surface area contributed by atoms with E-state index in [-0.39, 0.29) is 17.1 Å². The van der Waals surface area contributed by atoms with E-state index in [0.29, 0.717) is 22.8 Å². The van der Waals surface area contributed by atoms with Gasteiger partial charge in [-0.25, -0.2) is 13.1 Å². The lowest BCUT2D eigenvalue weighted by atomic mass is 9.80. The van der Waals surface area contributed by atoms with Gasteiger partial charge in [-0.1, -0.05) is 0 Å². The first kappa shape index (κ1) is 18.4. The molecule has 0 atom stereocenters. The van der Waals surface area contributed by atoms with Crippen molar-refractivity contribution in [1.29, 1.82) is 0 Å². The lowest BCUT2D eigenvalue weighted by Crippen LogP contribution is -2.62. The molecule has 2 rings (SSSR count). The Morgan fingerprint density at radius 3 is 2.17 bits per heavy atom. The van der Waals surface area contributed by atoms with Crippen LogP contribution in [0.5, 0.6) is 0 Å². The zero-order valence-electron chi connectivity index (χ0n) is 15.3. The van der Waals surface area contributed by atoms with Gasteiger partial charge in [-0.3, -0.25) is 4.68 Å². The fourth-order valence-corrected chi connectivity index (χ4v) is 5.71. The van der Waals surface area contributed by atoms with E-state index in [1.165, 1.54) is 0 Å². The normalized spacial score (nSPS) is 21.5. The topological polar surface area (TPSA) is 76.0 Å². The number of hydrogen-bond acceptors (Lipinski definition) is 4. The highest BCUT2D eigenvalue weighted by molar-refractivity contribution is 7.89. The molecule has 2 heterocycles. The first-order chi connectivity index (χ1) is 10.4. The molecule has 0 unspecified atom stereocenters. The van der Waals surface area contributed by atoms with E-state index in [1.54, 1.807) is 11.6 Å². The van der Waals surface area contributed by atoms with Crippen molar-refractivity contribution in [3.8, 4) is 0 Å². The summed E-state index contributed by atoms with van der Waals surface area (Å²) in [6.07, 6.45) is 1.52. The van der Waals surface area contributed by atoms with E-state index in [2.05, 4.69) is 42.8 Å². The van der Waals surface area contributed by atoms with Crippen molar-refractivity contribution >= 4 is 10.0 Å². The van der Waals surface area contributed by atoms with E-state index in [0.717, 1.165) is 12.8 Å². The summed E-state index contributed by atoms with van der Waals surface area (Å²) >= 11 is 0. The Kier molecular flexibility index (Phi) is 4.69. The van der Waals surface area contributed by atoms with E-state index < -0.39 is 10.0 Å². The molecular weight excluding hydrogens is 312 g/mol. The summed E-state index contributed by atoms with van der Waals surface area (Å²) in [6.45, 7) is 14.6. The van der Waals surface area contributed by atoms with Gasteiger partial charge < -0.3 is 5.32 Å². The molecular formula is C16H30N4O2S. The molecule has 0 amide bonds. The van der Waals surface area contributed by atoms with Crippen LogP contribution in [-0.2, 0) is 16.6 Å².